The molecule has 0 aliphatic carbocycles. The van der Waals surface area contributed by atoms with Gasteiger partial charge in [-0.3, -0.25) is 4.98 Å². The molecule has 0 unspecified atom stereocenters. The molecule has 2 aromatic rings. The predicted octanol–water partition coefficient (Wildman–Crippen LogP) is 1.83. The summed E-state index contributed by atoms with van der Waals surface area (Å²) in [6, 6.07) is 3.92. The van der Waals surface area contributed by atoms with Crippen molar-refractivity contribution in [1.29, 1.82) is 0 Å². The van der Waals surface area contributed by atoms with E-state index in [0.717, 1.165) is 17.7 Å². The molecule has 0 aliphatic heterocycles. The summed E-state index contributed by atoms with van der Waals surface area (Å²) in [6.07, 6.45) is 4.36. The molecule has 2 aromatic heterocycles. The quantitative estimate of drug-likeness (QED) is 0.778. The Hall–Kier alpha value is -2.24. The minimum atomic E-state index is -0.443. The molecule has 0 spiro atoms. The van der Waals surface area contributed by atoms with Gasteiger partial charge in [-0.25, -0.2) is 9.48 Å². The lowest BCUT2D eigenvalue weighted by Crippen LogP contribution is -2.12. The van der Waals surface area contributed by atoms with Gasteiger partial charge in [0.1, 0.15) is 0 Å². The van der Waals surface area contributed by atoms with E-state index < -0.39 is 5.97 Å². The van der Waals surface area contributed by atoms with Gasteiger partial charge in [-0.15, -0.1) is 5.10 Å². The van der Waals surface area contributed by atoms with Crippen molar-refractivity contribution in [3.05, 3.63) is 41.5 Å². The number of aryl methyl sites for hydroxylation is 2. The van der Waals surface area contributed by atoms with E-state index in [4.69, 9.17) is 4.74 Å². The van der Waals surface area contributed by atoms with E-state index in [-0.39, 0.29) is 5.92 Å². The number of ether oxygens (including phenoxy) is 1. The van der Waals surface area contributed by atoms with Crippen molar-refractivity contribution < 1.29 is 9.53 Å². The van der Waals surface area contributed by atoms with Crippen molar-refractivity contribution >= 4 is 5.97 Å². The number of aromatic nitrogens is 4. The van der Waals surface area contributed by atoms with Gasteiger partial charge >= 0.3 is 5.97 Å². The Bertz CT molecular complexity index is 578. The van der Waals surface area contributed by atoms with Crippen molar-refractivity contribution in [2.24, 2.45) is 0 Å². The number of rotatable bonds is 5. The lowest BCUT2D eigenvalue weighted by Gasteiger charge is -2.10. The minimum Gasteiger partial charge on any atom is -0.464 e. The van der Waals surface area contributed by atoms with Crippen LogP contribution in [0.1, 0.15) is 41.5 Å². The summed E-state index contributed by atoms with van der Waals surface area (Å²) in [7, 11) is 1.35. The molecule has 2 heterocycles. The number of pyridine rings is 1. The average Bonchev–Trinajstić information content (AvgIpc) is 2.89. The van der Waals surface area contributed by atoms with Crippen molar-refractivity contribution in [3.63, 3.8) is 0 Å². The van der Waals surface area contributed by atoms with Crippen LogP contribution >= 0.6 is 0 Å². The van der Waals surface area contributed by atoms with Gasteiger partial charge in [0.25, 0.3) is 0 Å². The third kappa shape index (κ3) is 3.01. The summed E-state index contributed by atoms with van der Waals surface area (Å²) >= 11 is 0. The molecule has 0 radical (unpaired) electrons. The normalized spacial score (nSPS) is 10.8. The number of nitrogens with zero attached hydrogens (tertiary/aromatic N) is 4. The van der Waals surface area contributed by atoms with Crippen LogP contribution in [-0.2, 0) is 17.7 Å². The Morgan fingerprint density at radius 2 is 2.25 bits per heavy atom. The number of carbonyl (C=O) groups is 1. The number of hydrogen-bond donors (Lipinski definition) is 0. The predicted molar refractivity (Wildman–Crippen MR) is 73.4 cm³/mol. The first-order valence-electron chi connectivity index (χ1n) is 6.54. The molecule has 0 bridgehead atoms. The van der Waals surface area contributed by atoms with E-state index in [1.807, 2.05) is 32.2 Å². The second-order valence-corrected chi connectivity index (χ2v) is 4.80. The zero-order chi connectivity index (χ0) is 14.5. The fraction of sp³-hybridized carbons (Fsp3) is 0.429. The second-order valence-electron chi connectivity index (χ2n) is 4.80. The summed E-state index contributed by atoms with van der Waals surface area (Å²) < 4.78 is 6.51. The number of carbonyl (C=O) groups excluding carboxylic acids is 1. The lowest BCUT2D eigenvalue weighted by molar-refractivity contribution is 0.0592. The van der Waals surface area contributed by atoms with Crippen LogP contribution in [0.15, 0.2) is 24.5 Å². The third-order valence-corrected chi connectivity index (χ3v) is 3.03. The molecular weight excluding hydrogens is 256 g/mol. The van der Waals surface area contributed by atoms with Crippen LogP contribution < -0.4 is 0 Å². The molecule has 0 atom stereocenters. The first-order valence-corrected chi connectivity index (χ1v) is 6.54. The van der Waals surface area contributed by atoms with Crippen molar-refractivity contribution in [2.75, 3.05) is 7.11 Å². The zero-order valence-corrected chi connectivity index (χ0v) is 11.9. The second kappa shape index (κ2) is 6.27. The number of methoxy groups -OCH3 is 1. The Morgan fingerprint density at radius 3 is 2.85 bits per heavy atom. The smallest absolute Gasteiger partial charge is 0.360 e. The molecule has 0 fully saturated rings. The van der Waals surface area contributed by atoms with Crippen LogP contribution in [0.4, 0.5) is 0 Å². The lowest BCUT2D eigenvalue weighted by atomic mass is 10.1. The Morgan fingerprint density at radius 1 is 1.45 bits per heavy atom. The van der Waals surface area contributed by atoms with Crippen molar-refractivity contribution in [3.8, 4) is 0 Å². The van der Waals surface area contributed by atoms with Gasteiger partial charge in [0, 0.05) is 18.9 Å². The minimum absolute atomic E-state index is 0.146. The zero-order valence-electron chi connectivity index (χ0n) is 11.9. The van der Waals surface area contributed by atoms with E-state index in [9.17, 15) is 4.79 Å². The Balaban J connectivity index is 2.19. The summed E-state index contributed by atoms with van der Waals surface area (Å²) in [5, 5.41) is 8.01. The van der Waals surface area contributed by atoms with Gasteiger partial charge in [-0.2, -0.15) is 0 Å². The molecule has 6 nitrogen and oxygen atoms in total. The summed E-state index contributed by atoms with van der Waals surface area (Å²) in [5.41, 5.74) is 2.23. The SMILES string of the molecule is COC(=O)c1nnn(CCc2cccnc2)c1C(C)C. The molecular formula is C14H18N4O2. The van der Waals surface area contributed by atoms with E-state index >= 15 is 0 Å². The topological polar surface area (TPSA) is 69.9 Å². The molecule has 0 amide bonds. The van der Waals surface area contributed by atoms with Gasteiger partial charge in [-0.05, 0) is 24.0 Å². The summed E-state index contributed by atoms with van der Waals surface area (Å²) in [4.78, 5) is 15.8. The Labute approximate surface area is 117 Å². The maximum atomic E-state index is 11.7. The van der Waals surface area contributed by atoms with E-state index in [0.29, 0.717) is 12.2 Å². The van der Waals surface area contributed by atoms with Crippen molar-refractivity contribution in [1.82, 2.24) is 20.0 Å². The fourth-order valence-corrected chi connectivity index (χ4v) is 2.08. The third-order valence-electron chi connectivity index (χ3n) is 3.03. The maximum Gasteiger partial charge on any atom is 0.360 e. The molecule has 0 saturated heterocycles. The molecule has 106 valence electrons. The largest absolute Gasteiger partial charge is 0.464 e. The van der Waals surface area contributed by atoms with Gasteiger partial charge in [0.15, 0.2) is 5.69 Å². The standard InChI is InChI=1S/C14H18N4O2/c1-10(2)13-12(14(19)20-3)16-17-18(13)8-6-11-5-4-7-15-9-11/h4-5,7,9-10H,6,8H2,1-3H3. The van der Waals surface area contributed by atoms with Crippen LogP contribution in [0.3, 0.4) is 0 Å². The van der Waals surface area contributed by atoms with Crippen LogP contribution in [0.25, 0.3) is 0 Å². The number of esters is 1. The van der Waals surface area contributed by atoms with E-state index in [1.54, 1.807) is 10.9 Å². The van der Waals surface area contributed by atoms with Gasteiger partial charge in [-0.1, -0.05) is 25.1 Å². The first-order chi connectivity index (χ1) is 9.63. The molecule has 0 saturated carbocycles. The van der Waals surface area contributed by atoms with E-state index in [2.05, 4.69) is 15.3 Å². The Kier molecular flexibility index (Phi) is 4.45. The van der Waals surface area contributed by atoms with Gasteiger partial charge < -0.3 is 4.74 Å². The molecule has 2 rings (SSSR count). The molecule has 20 heavy (non-hydrogen) atoms. The fourth-order valence-electron chi connectivity index (χ4n) is 2.08. The van der Waals surface area contributed by atoms with Crippen LogP contribution in [0, 0.1) is 0 Å². The summed E-state index contributed by atoms with van der Waals surface area (Å²) in [6.45, 7) is 4.67. The first kappa shape index (κ1) is 14.2. The van der Waals surface area contributed by atoms with Crippen LogP contribution in [-0.4, -0.2) is 33.1 Å². The maximum absolute atomic E-state index is 11.7. The molecule has 0 aliphatic rings. The highest BCUT2D eigenvalue weighted by atomic mass is 16.5. The monoisotopic (exact) mass is 274 g/mol. The molecule has 0 N–H and O–H groups in total. The number of hydrogen-bond acceptors (Lipinski definition) is 5. The van der Waals surface area contributed by atoms with Gasteiger partial charge in [0.2, 0.25) is 0 Å². The highest BCUT2D eigenvalue weighted by Gasteiger charge is 2.22. The molecule has 6 heteroatoms. The van der Waals surface area contributed by atoms with Crippen molar-refractivity contribution in [2.45, 2.75) is 32.7 Å². The highest BCUT2D eigenvalue weighted by Crippen LogP contribution is 2.18. The highest BCUT2D eigenvalue weighted by molar-refractivity contribution is 5.88. The van der Waals surface area contributed by atoms with E-state index in [1.165, 1.54) is 7.11 Å². The van der Waals surface area contributed by atoms with Crippen LogP contribution in [0.2, 0.25) is 0 Å². The summed E-state index contributed by atoms with van der Waals surface area (Å²) in [5.74, 6) is -0.297. The van der Waals surface area contributed by atoms with Crippen LogP contribution in [0.5, 0.6) is 0 Å². The van der Waals surface area contributed by atoms with Gasteiger partial charge in [0.05, 0.1) is 12.8 Å². The molecule has 0 aromatic carbocycles. The average molecular weight is 274 g/mol.